The number of nitrogens with one attached hydrogen (secondary N) is 1. The van der Waals surface area contributed by atoms with Crippen molar-refractivity contribution in [3.63, 3.8) is 0 Å². The molecule has 0 bridgehead atoms. The van der Waals surface area contributed by atoms with E-state index < -0.39 is 0 Å². The molecule has 2 aromatic rings. The average Bonchev–Trinajstić information content (AvgIpc) is 2.84. The third-order valence-electron chi connectivity index (χ3n) is 4.06. The van der Waals surface area contributed by atoms with Crippen LogP contribution in [0.15, 0.2) is 23.8 Å². The third kappa shape index (κ3) is 3.14. The lowest BCUT2D eigenvalue weighted by Gasteiger charge is -2.12. The summed E-state index contributed by atoms with van der Waals surface area (Å²) in [5.74, 6) is -0.0884. The van der Waals surface area contributed by atoms with Crippen LogP contribution in [0.3, 0.4) is 0 Å². The van der Waals surface area contributed by atoms with E-state index in [-0.39, 0.29) is 5.91 Å². The molecule has 3 N–H and O–H groups in total. The second kappa shape index (κ2) is 6.48. The van der Waals surface area contributed by atoms with E-state index in [1.165, 1.54) is 42.6 Å². The Morgan fingerprint density at radius 2 is 2.27 bits per heavy atom. The number of amides is 1. The van der Waals surface area contributed by atoms with Gasteiger partial charge in [0.2, 0.25) is 0 Å². The van der Waals surface area contributed by atoms with Crippen LogP contribution in [0.25, 0.3) is 10.2 Å². The second-order valence-electron chi connectivity index (χ2n) is 5.76. The monoisotopic (exact) mass is 315 g/mol. The molecular weight excluding hydrogens is 294 g/mol. The van der Waals surface area contributed by atoms with Crippen molar-refractivity contribution in [2.75, 3.05) is 12.3 Å². The molecule has 1 aliphatic carbocycles. The highest BCUT2D eigenvalue weighted by Crippen LogP contribution is 2.32. The maximum Gasteiger partial charge on any atom is 0.263 e. The van der Waals surface area contributed by atoms with E-state index in [2.05, 4.69) is 16.4 Å². The molecule has 22 heavy (non-hydrogen) atoms. The van der Waals surface area contributed by atoms with Crippen molar-refractivity contribution < 1.29 is 4.79 Å². The highest BCUT2D eigenvalue weighted by atomic mass is 32.1. The Morgan fingerprint density at radius 3 is 3.05 bits per heavy atom. The van der Waals surface area contributed by atoms with Crippen LogP contribution in [0, 0.1) is 6.92 Å². The number of nitrogens with zero attached hydrogens (tertiary/aromatic N) is 1. The summed E-state index contributed by atoms with van der Waals surface area (Å²) in [5, 5.41) is 3.86. The molecule has 0 saturated carbocycles. The maximum atomic E-state index is 12.3. The summed E-state index contributed by atoms with van der Waals surface area (Å²) in [5.41, 5.74) is 9.05. The van der Waals surface area contributed by atoms with E-state index >= 15 is 0 Å². The van der Waals surface area contributed by atoms with Gasteiger partial charge in [-0.2, -0.15) is 0 Å². The Bertz CT molecular complexity index is 733. The molecule has 0 unspecified atom stereocenters. The molecule has 1 amide bonds. The fourth-order valence-electron chi connectivity index (χ4n) is 2.81. The van der Waals surface area contributed by atoms with Crippen molar-refractivity contribution in [1.82, 2.24) is 10.3 Å². The molecule has 116 valence electrons. The molecular formula is C17H21N3OS. The van der Waals surface area contributed by atoms with Crippen molar-refractivity contribution in [3.05, 3.63) is 34.4 Å². The van der Waals surface area contributed by atoms with Gasteiger partial charge in [0.1, 0.15) is 9.71 Å². The number of nitrogens with two attached hydrogens (primary N) is 1. The number of hydrogen-bond donors (Lipinski definition) is 2. The standard InChI is InChI=1S/C17H21N3OS/c1-11-7-8-13-14(18)15(22-17(13)20-11)16(21)19-10-9-12-5-3-2-4-6-12/h5,7-8H,2-4,6,9-10,18H2,1H3,(H,19,21). The first kappa shape index (κ1) is 15.0. The molecule has 0 saturated heterocycles. The number of anilines is 1. The lowest BCUT2D eigenvalue weighted by Crippen LogP contribution is -2.24. The molecule has 0 fully saturated rings. The minimum absolute atomic E-state index is 0.0884. The molecule has 0 aromatic carbocycles. The number of fused-ring (bicyclic) bond motifs is 1. The Morgan fingerprint density at radius 1 is 1.41 bits per heavy atom. The summed E-state index contributed by atoms with van der Waals surface area (Å²) >= 11 is 1.37. The fraction of sp³-hybridized carbons (Fsp3) is 0.412. The van der Waals surface area contributed by atoms with Gasteiger partial charge in [-0.05, 0) is 51.2 Å². The van der Waals surface area contributed by atoms with Crippen molar-refractivity contribution in [2.45, 2.75) is 39.0 Å². The van der Waals surface area contributed by atoms with Crippen molar-refractivity contribution in [1.29, 1.82) is 0 Å². The molecule has 1 aliphatic rings. The molecule has 0 aliphatic heterocycles. The number of aromatic nitrogens is 1. The quantitative estimate of drug-likeness (QED) is 0.843. The van der Waals surface area contributed by atoms with E-state index in [4.69, 9.17) is 5.73 Å². The zero-order valence-corrected chi connectivity index (χ0v) is 13.6. The highest BCUT2D eigenvalue weighted by Gasteiger charge is 2.17. The number of pyridine rings is 1. The molecule has 0 radical (unpaired) electrons. The van der Waals surface area contributed by atoms with Crippen LogP contribution < -0.4 is 11.1 Å². The van der Waals surface area contributed by atoms with Gasteiger partial charge >= 0.3 is 0 Å². The predicted octanol–water partition coefficient (Wildman–Crippen LogP) is 3.81. The Kier molecular flexibility index (Phi) is 4.43. The van der Waals surface area contributed by atoms with Crippen LogP contribution in [0.1, 0.15) is 47.5 Å². The van der Waals surface area contributed by atoms with Crippen LogP contribution in [0.2, 0.25) is 0 Å². The highest BCUT2D eigenvalue weighted by molar-refractivity contribution is 7.21. The van der Waals surface area contributed by atoms with Crippen LogP contribution in [-0.2, 0) is 0 Å². The number of hydrogen-bond acceptors (Lipinski definition) is 4. The van der Waals surface area contributed by atoms with Gasteiger partial charge < -0.3 is 11.1 Å². The summed E-state index contributed by atoms with van der Waals surface area (Å²) in [6.45, 7) is 2.61. The second-order valence-corrected chi connectivity index (χ2v) is 6.76. The Balaban J connectivity index is 1.67. The number of carbonyl (C=O) groups is 1. The molecule has 2 aromatic heterocycles. The van der Waals surface area contributed by atoms with Crippen molar-refractivity contribution in [2.24, 2.45) is 0 Å². The third-order valence-corrected chi connectivity index (χ3v) is 5.17. The summed E-state index contributed by atoms with van der Waals surface area (Å²) in [6.07, 6.45) is 8.17. The minimum atomic E-state index is -0.0884. The maximum absolute atomic E-state index is 12.3. The van der Waals surface area contributed by atoms with Gasteiger partial charge in [-0.25, -0.2) is 4.98 Å². The van der Waals surface area contributed by atoms with Gasteiger partial charge in [0.05, 0.1) is 5.69 Å². The van der Waals surface area contributed by atoms with Crippen LogP contribution in [0.4, 0.5) is 5.69 Å². The number of nitrogen functional groups attached to an aromatic ring is 1. The number of allylic oxidation sites excluding steroid dienone is 1. The largest absolute Gasteiger partial charge is 0.397 e. The summed E-state index contributed by atoms with van der Waals surface area (Å²) in [7, 11) is 0. The van der Waals surface area contributed by atoms with Gasteiger partial charge in [0, 0.05) is 17.6 Å². The van der Waals surface area contributed by atoms with E-state index in [0.29, 0.717) is 17.1 Å². The average molecular weight is 315 g/mol. The summed E-state index contributed by atoms with van der Waals surface area (Å²) in [4.78, 5) is 18.2. The molecule has 4 nitrogen and oxygen atoms in total. The smallest absolute Gasteiger partial charge is 0.263 e. The SMILES string of the molecule is Cc1ccc2c(N)c(C(=O)NCCC3=CCCCC3)sc2n1. The zero-order valence-electron chi connectivity index (χ0n) is 12.8. The molecule has 0 spiro atoms. The lowest BCUT2D eigenvalue weighted by atomic mass is 9.97. The van der Waals surface area contributed by atoms with E-state index in [9.17, 15) is 4.79 Å². The van der Waals surface area contributed by atoms with Gasteiger partial charge in [0.25, 0.3) is 5.91 Å². The van der Waals surface area contributed by atoms with E-state index in [1.807, 2.05) is 19.1 Å². The zero-order chi connectivity index (χ0) is 15.5. The first-order valence-electron chi connectivity index (χ1n) is 7.77. The van der Waals surface area contributed by atoms with E-state index in [1.54, 1.807) is 0 Å². The predicted molar refractivity (Wildman–Crippen MR) is 92.3 cm³/mol. The minimum Gasteiger partial charge on any atom is -0.397 e. The van der Waals surface area contributed by atoms with Gasteiger partial charge in [0.15, 0.2) is 0 Å². The Labute approximate surface area is 134 Å². The number of carbonyl (C=O) groups excluding carboxylic acids is 1. The van der Waals surface area contributed by atoms with Crippen LogP contribution in [0.5, 0.6) is 0 Å². The topological polar surface area (TPSA) is 68.0 Å². The van der Waals surface area contributed by atoms with Gasteiger partial charge in [-0.3, -0.25) is 4.79 Å². The normalized spacial score (nSPS) is 14.9. The lowest BCUT2D eigenvalue weighted by molar-refractivity contribution is 0.0959. The summed E-state index contributed by atoms with van der Waals surface area (Å²) < 4.78 is 0. The van der Waals surface area contributed by atoms with Crippen molar-refractivity contribution >= 4 is 33.1 Å². The number of rotatable bonds is 4. The first-order chi connectivity index (χ1) is 10.6. The van der Waals surface area contributed by atoms with Crippen LogP contribution in [-0.4, -0.2) is 17.4 Å². The molecule has 0 atom stereocenters. The molecule has 2 heterocycles. The van der Waals surface area contributed by atoms with E-state index in [0.717, 1.165) is 22.3 Å². The number of thiophene rings is 1. The Hall–Kier alpha value is -1.88. The van der Waals surface area contributed by atoms with Crippen molar-refractivity contribution in [3.8, 4) is 0 Å². The first-order valence-corrected chi connectivity index (χ1v) is 8.58. The fourth-order valence-corrected chi connectivity index (χ4v) is 3.86. The molecule has 5 heteroatoms. The van der Waals surface area contributed by atoms with Gasteiger partial charge in [-0.1, -0.05) is 11.6 Å². The number of aryl methyl sites for hydroxylation is 1. The molecule has 3 rings (SSSR count). The van der Waals surface area contributed by atoms with Gasteiger partial charge in [-0.15, -0.1) is 11.3 Å². The van der Waals surface area contributed by atoms with Crippen LogP contribution >= 0.6 is 11.3 Å². The summed E-state index contributed by atoms with van der Waals surface area (Å²) in [6, 6.07) is 3.86.